The third-order valence-corrected chi connectivity index (χ3v) is 3.07. The van der Waals surface area contributed by atoms with Gasteiger partial charge in [-0.2, -0.15) is 5.26 Å². The number of para-hydroxylation sites is 1. The molecule has 1 aromatic rings. The molecule has 0 bridgehead atoms. The van der Waals surface area contributed by atoms with Gasteiger partial charge in [-0.25, -0.2) is 0 Å². The summed E-state index contributed by atoms with van der Waals surface area (Å²) in [6.45, 7) is 0. The van der Waals surface area contributed by atoms with E-state index in [9.17, 15) is 9.59 Å². The van der Waals surface area contributed by atoms with Gasteiger partial charge in [0.2, 0.25) is 5.91 Å². The third-order valence-electron chi connectivity index (χ3n) is 3.07. The van der Waals surface area contributed by atoms with Gasteiger partial charge in [-0.15, -0.1) is 0 Å². The highest BCUT2D eigenvalue weighted by atomic mass is 16.5. The van der Waals surface area contributed by atoms with Crippen LogP contribution < -0.4 is 10.1 Å². The van der Waals surface area contributed by atoms with Gasteiger partial charge in [-0.3, -0.25) is 14.5 Å². The molecule has 6 nitrogen and oxygen atoms in total. The van der Waals surface area contributed by atoms with Crippen molar-refractivity contribution in [2.24, 2.45) is 0 Å². The average Bonchev–Trinajstić information content (AvgIpc) is 2.66. The van der Waals surface area contributed by atoms with E-state index in [1.165, 1.54) is 14.2 Å². The molecule has 1 N–H and O–H groups in total. The van der Waals surface area contributed by atoms with Crippen LogP contribution in [0.15, 0.2) is 18.2 Å². The second kappa shape index (κ2) is 4.98. The van der Waals surface area contributed by atoms with Gasteiger partial charge in [0.05, 0.1) is 24.8 Å². The third kappa shape index (κ3) is 2.22. The normalized spacial score (nSPS) is 18.4. The zero-order valence-electron chi connectivity index (χ0n) is 10.6. The van der Waals surface area contributed by atoms with Crippen LogP contribution >= 0.6 is 0 Å². The zero-order chi connectivity index (χ0) is 14.0. The Bertz CT molecular complexity index is 577. The highest BCUT2D eigenvalue weighted by molar-refractivity contribution is 6.06. The number of hydrogen-bond acceptors (Lipinski definition) is 5. The molecule has 1 aliphatic heterocycles. The minimum Gasteiger partial charge on any atom is -0.495 e. The maximum absolute atomic E-state index is 11.8. The van der Waals surface area contributed by atoms with E-state index in [2.05, 4.69) is 5.32 Å². The summed E-state index contributed by atoms with van der Waals surface area (Å²) in [5.74, 6) is -0.0791. The van der Waals surface area contributed by atoms with Crippen molar-refractivity contribution in [1.82, 2.24) is 4.90 Å². The lowest BCUT2D eigenvalue weighted by Crippen LogP contribution is -2.32. The van der Waals surface area contributed by atoms with Gasteiger partial charge in [-0.05, 0) is 12.1 Å². The predicted molar refractivity (Wildman–Crippen MR) is 67.5 cm³/mol. The number of carbonyl (C=O) groups excluding carboxylic acids is 2. The fourth-order valence-electron chi connectivity index (χ4n) is 1.99. The van der Waals surface area contributed by atoms with Gasteiger partial charge < -0.3 is 10.1 Å². The van der Waals surface area contributed by atoms with Gasteiger partial charge in [0, 0.05) is 7.05 Å². The number of benzene rings is 1. The van der Waals surface area contributed by atoms with Gasteiger partial charge in [-0.1, -0.05) is 6.07 Å². The molecule has 2 amide bonds. The van der Waals surface area contributed by atoms with Crippen molar-refractivity contribution in [3.8, 4) is 11.8 Å². The Morgan fingerprint density at radius 1 is 1.47 bits per heavy atom. The number of likely N-dealkylation sites (tertiary alicyclic amines) is 1. The molecule has 1 heterocycles. The van der Waals surface area contributed by atoms with E-state index in [4.69, 9.17) is 10.00 Å². The van der Waals surface area contributed by atoms with Crippen molar-refractivity contribution >= 4 is 17.5 Å². The number of carbonyl (C=O) groups is 2. The van der Waals surface area contributed by atoms with E-state index in [-0.39, 0.29) is 18.2 Å². The summed E-state index contributed by atoms with van der Waals surface area (Å²) in [6.07, 6.45) is 0.0816. The average molecular weight is 259 g/mol. The van der Waals surface area contributed by atoms with Crippen LogP contribution in [0.5, 0.6) is 5.75 Å². The number of rotatable bonds is 3. The molecule has 6 heteroatoms. The first-order valence-corrected chi connectivity index (χ1v) is 5.72. The SMILES string of the molecule is COc1cccc(C#N)c1NC1CC(=O)N(C)C1=O. The monoisotopic (exact) mass is 259 g/mol. The van der Waals surface area contributed by atoms with Crippen LogP contribution in [-0.4, -0.2) is 36.9 Å². The number of likely N-dealkylation sites (N-methyl/N-ethyl adjacent to an activating group) is 1. The molecule has 98 valence electrons. The number of imide groups is 1. The summed E-state index contributed by atoms with van der Waals surface area (Å²) in [4.78, 5) is 24.4. The number of hydrogen-bond donors (Lipinski definition) is 1. The molecule has 1 unspecified atom stereocenters. The number of ether oxygens (including phenoxy) is 1. The Kier molecular flexibility index (Phi) is 3.38. The quantitative estimate of drug-likeness (QED) is 0.809. The smallest absolute Gasteiger partial charge is 0.251 e. The molecule has 0 spiro atoms. The van der Waals surface area contributed by atoms with Crippen LogP contribution in [0.3, 0.4) is 0 Å². The van der Waals surface area contributed by atoms with Crippen molar-refractivity contribution in [1.29, 1.82) is 5.26 Å². The van der Waals surface area contributed by atoms with E-state index >= 15 is 0 Å². The van der Waals surface area contributed by atoms with Crippen LogP contribution in [0.25, 0.3) is 0 Å². The molecule has 1 fully saturated rings. The first-order valence-electron chi connectivity index (χ1n) is 5.72. The molecular weight excluding hydrogens is 246 g/mol. The lowest BCUT2D eigenvalue weighted by atomic mass is 10.1. The van der Waals surface area contributed by atoms with Gasteiger partial charge in [0.15, 0.2) is 0 Å². The molecule has 1 atom stereocenters. The molecular formula is C13H13N3O3. The summed E-state index contributed by atoms with van der Waals surface area (Å²) in [6, 6.07) is 6.38. The molecule has 2 rings (SSSR count). The maximum atomic E-state index is 11.8. The number of nitrogens with one attached hydrogen (secondary N) is 1. The van der Waals surface area contributed by atoms with E-state index < -0.39 is 6.04 Å². The first kappa shape index (κ1) is 12.9. The van der Waals surface area contributed by atoms with E-state index in [1.54, 1.807) is 18.2 Å². The van der Waals surface area contributed by atoms with Crippen LogP contribution in [0.1, 0.15) is 12.0 Å². The van der Waals surface area contributed by atoms with E-state index in [0.717, 1.165) is 4.90 Å². The van der Waals surface area contributed by atoms with Crippen molar-refractivity contribution < 1.29 is 14.3 Å². The molecule has 1 saturated heterocycles. The van der Waals surface area contributed by atoms with Crippen LogP contribution in [0.4, 0.5) is 5.69 Å². The lowest BCUT2D eigenvalue weighted by Gasteiger charge is -2.16. The minimum atomic E-state index is -0.652. The summed E-state index contributed by atoms with van der Waals surface area (Å²) in [5.41, 5.74) is 0.808. The summed E-state index contributed by atoms with van der Waals surface area (Å²) >= 11 is 0. The molecule has 1 aromatic carbocycles. The maximum Gasteiger partial charge on any atom is 0.251 e. The Morgan fingerprint density at radius 3 is 2.74 bits per heavy atom. The van der Waals surface area contributed by atoms with E-state index in [1.807, 2.05) is 6.07 Å². The number of anilines is 1. The minimum absolute atomic E-state index is 0.0816. The summed E-state index contributed by atoms with van der Waals surface area (Å²) in [7, 11) is 2.93. The number of nitrogens with zero attached hydrogens (tertiary/aromatic N) is 2. The lowest BCUT2D eigenvalue weighted by molar-refractivity contribution is -0.136. The fraction of sp³-hybridized carbons (Fsp3) is 0.308. The Labute approximate surface area is 110 Å². The second-order valence-corrected chi connectivity index (χ2v) is 4.19. The second-order valence-electron chi connectivity index (χ2n) is 4.19. The topological polar surface area (TPSA) is 82.4 Å². The Hall–Kier alpha value is -2.55. The summed E-state index contributed by atoms with van der Waals surface area (Å²) < 4.78 is 5.16. The van der Waals surface area contributed by atoms with Crippen LogP contribution in [0.2, 0.25) is 0 Å². The van der Waals surface area contributed by atoms with Crippen LogP contribution in [-0.2, 0) is 9.59 Å². The standard InChI is InChI=1S/C13H13N3O3/c1-16-11(17)6-9(13(16)18)15-12-8(7-14)4-3-5-10(12)19-2/h3-5,9,15H,6H2,1-2H3. The fourth-order valence-corrected chi connectivity index (χ4v) is 1.99. The number of nitriles is 1. The van der Waals surface area contributed by atoms with Gasteiger partial charge in [0.1, 0.15) is 17.9 Å². The largest absolute Gasteiger partial charge is 0.495 e. The highest BCUT2D eigenvalue weighted by Gasteiger charge is 2.36. The number of methoxy groups -OCH3 is 1. The number of amides is 2. The molecule has 0 aliphatic carbocycles. The Morgan fingerprint density at radius 2 is 2.21 bits per heavy atom. The van der Waals surface area contributed by atoms with Crippen molar-refractivity contribution in [3.05, 3.63) is 23.8 Å². The van der Waals surface area contributed by atoms with Crippen molar-refractivity contribution in [2.45, 2.75) is 12.5 Å². The zero-order valence-corrected chi connectivity index (χ0v) is 10.6. The van der Waals surface area contributed by atoms with Gasteiger partial charge in [0.25, 0.3) is 5.91 Å². The van der Waals surface area contributed by atoms with Crippen molar-refractivity contribution in [3.63, 3.8) is 0 Å². The predicted octanol–water partition coefficient (Wildman–Crippen LogP) is 0.736. The molecule has 0 saturated carbocycles. The molecule has 0 aromatic heterocycles. The van der Waals surface area contributed by atoms with E-state index in [0.29, 0.717) is 17.0 Å². The Balaban J connectivity index is 2.32. The molecule has 1 aliphatic rings. The highest BCUT2D eigenvalue weighted by Crippen LogP contribution is 2.30. The van der Waals surface area contributed by atoms with Crippen molar-refractivity contribution in [2.75, 3.05) is 19.5 Å². The van der Waals surface area contributed by atoms with Gasteiger partial charge >= 0.3 is 0 Å². The first-order chi connectivity index (χ1) is 9.08. The van der Waals surface area contributed by atoms with Crippen LogP contribution in [0, 0.1) is 11.3 Å². The summed E-state index contributed by atoms with van der Waals surface area (Å²) in [5, 5.41) is 12.0. The molecule has 19 heavy (non-hydrogen) atoms. The molecule has 0 radical (unpaired) electrons.